The number of nitrogens with one attached hydrogen (secondary N) is 2. The molecule has 174 valence electrons. The molecule has 0 aliphatic carbocycles. The Labute approximate surface area is 197 Å². The van der Waals surface area contributed by atoms with Gasteiger partial charge < -0.3 is 24.7 Å². The van der Waals surface area contributed by atoms with Crippen LogP contribution in [-0.4, -0.2) is 64.2 Å². The van der Waals surface area contributed by atoms with Crippen molar-refractivity contribution in [3.05, 3.63) is 60.0 Å². The summed E-state index contributed by atoms with van der Waals surface area (Å²) in [7, 11) is 3.47. The van der Waals surface area contributed by atoms with Crippen LogP contribution >= 0.6 is 0 Å². The first-order chi connectivity index (χ1) is 16.5. The highest BCUT2D eigenvalue weighted by atomic mass is 16.5. The van der Waals surface area contributed by atoms with Gasteiger partial charge in [-0.05, 0) is 48.4 Å². The third-order valence-electron chi connectivity index (χ3n) is 5.78. The lowest BCUT2D eigenvalue weighted by atomic mass is 10.1. The monoisotopic (exact) mass is 458 g/mol. The number of H-pyrrole nitrogens is 1. The van der Waals surface area contributed by atoms with Gasteiger partial charge in [0.05, 0.1) is 18.6 Å². The van der Waals surface area contributed by atoms with Gasteiger partial charge in [0, 0.05) is 55.9 Å². The maximum Gasteiger partial charge on any atom is 0.253 e. The van der Waals surface area contributed by atoms with Crippen LogP contribution in [0.3, 0.4) is 0 Å². The zero-order valence-corrected chi connectivity index (χ0v) is 19.3. The highest BCUT2D eigenvalue weighted by molar-refractivity contribution is 5.98. The molecule has 1 aromatic carbocycles. The first-order valence-electron chi connectivity index (χ1n) is 11.1. The maximum absolute atomic E-state index is 12.3. The van der Waals surface area contributed by atoms with Crippen LogP contribution in [0.5, 0.6) is 5.88 Å². The maximum atomic E-state index is 12.3. The van der Waals surface area contributed by atoms with Crippen molar-refractivity contribution in [1.29, 1.82) is 0 Å². The molecule has 9 heteroatoms. The van der Waals surface area contributed by atoms with Crippen molar-refractivity contribution in [2.24, 2.45) is 0 Å². The summed E-state index contributed by atoms with van der Waals surface area (Å²) in [6, 6.07) is 9.39. The topological polar surface area (TPSA) is 105 Å². The van der Waals surface area contributed by atoms with Gasteiger partial charge in [-0.25, -0.2) is 0 Å². The average Bonchev–Trinajstić information content (AvgIpc) is 3.50. The second-order valence-corrected chi connectivity index (χ2v) is 8.47. The number of aryl methyl sites for hydroxylation is 1. The van der Waals surface area contributed by atoms with E-state index >= 15 is 0 Å². The fraction of sp³-hybridized carbons (Fsp3) is 0.280. The number of benzene rings is 1. The summed E-state index contributed by atoms with van der Waals surface area (Å²) in [6.45, 7) is 3.14. The molecule has 1 amide bonds. The van der Waals surface area contributed by atoms with Crippen LogP contribution in [0.2, 0.25) is 0 Å². The van der Waals surface area contributed by atoms with Gasteiger partial charge in [-0.2, -0.15) is 9.97 Å². The summed E-state index contributed by atoms with van der Waals surface area (Å²) >= 11 is 0. The number of aromatic amines is 1. The Hall–Kier alpha value is -3.98. The Bertz CT molecular complexity index is 1330. The van der Waals surface area contributed by atoms with Gasteiger partial charge in [-0.15, -0.1) is 0 Å². The Kier molecular flexibility index (Phi) is 5.85. The number of carbonyl (C=O) groups excluding carboxylic acids is 1. The smallest absolute Gasteiger partial charge is 0.253 e. The number of ether oxygens (including phenoxy) is 2. The molecule has 1 atom stereocenters. The third-order valence-corrected chi connectivity index (χ3v) is 5.78. The van der Waals surface area contributed by atoms with E-state index in [1.165, 1.54) is 0 Å². The molecule has 4 heterocycles. The lowest BCUT2D eigenvalue weighted by molar-refractivity contribution is 0.0827. The van der Waals surface area contributed by atoms with E-state index in [0.29, 0.717) is 36.3 Å². The van der Waals surface area contributed by atoms with Crippen LogP contribution in [0.15, 0.2) is 48.9 Å². The average molecular weight is 459 g/mol. The molecule has 34 heavy (non-hydrogen) atoms. The van der Waals surface area contributed by atoms with Crippen LogP contribution < -0.4 is 10.1 Å². The van der Waals surface area contributed by atoms with E-state index in [0.717, 1.165) is 34.2 Å². The highest BCUT2D eigenvalue weighted by Gasteiger charge is 2.23. The van der Waals surface area contributed by atoms with Crippen LogP contribution in [0.1, 0.15) is 22.3 Å². The van der Waals surface area contributed by atoms with Crippen molar-refractivity contribution in [2.75, 3.05) is 32.6 Å². The number of nitrogens with zero attached hydrogens (tertiary/aromatic N) is 4. The van der Waals surface area contributed by atoms with Crippen molar-refractivity contribution in [2.45, 2.75) is 19.4 Å². The fourth-order valence-electron chi connectivity index (χ4n) is 3.98. The Morgan fingerprint density at radius 1 is 1.21 bits per heavy atom. The van der Waals surface area contributed by atoms with Crippen molar-refractivity contribution < 1.29 is 14.3 Å². The molecular weight excluding hydrogens is 432 g/mol. The molecule has 0 bridgehead atoms. The number of anilines is 2. The Balaban J connectivity index is 1.53. The molecule has 1 aliphatic rings. The van der Waals surface area contributed by atoms with Crippen LogP contribution in [0, 0.1) is 6.92 Å². The molecule has 4 aromatic rings. The summed E-state index contributed by atoms with van der Waals surface area (Å²) in [5.74, 6) is 0.851. The van der Waals surface area contributed by atoms with Gasteiger partial charge in [-0.1, -0.05) is 0 Å². The van der Waals surface area contributed by atoms with E-state index < -0.39 is 0 Å². The number of aromatic nitrogens is 4. The zero-order valence-electron chi connectivity index (χ0n) is 19.3. The first-order valence-corrected chi connectivity index (χ1v) is 11.1. The normalized spacial score (nSPS) is 15.4. The van der Waals surface area contributed by atoms with Crippen LogP contribution in [0.25, 0.3) is 22.2 Å². The summed E-state index contributed by atoms with van der Waals surface area (Å²) in [4.78, 5) is 30.6. The van der Waals surface area contributed by atoms with Gasteiger partial charge in [0.25, 0.3) is 5.91 Å². The minimum atomic E-state index is -0.0656. The minimum Gasteiger partial charge on any atom is -0.471 e. The SMILES string of the molecule is Cc1cc(C(=O)N(C)C)ccc1Nc1nc(OC2CCOC2)c2c(-c3ccncc3)c[nH]c2n1. The number of hydrogen-bond donors (Lipinski definition) is 2. The summed E-state index contributed by atoms with van der Waals surface area (Å²) < 4.78 is 11.8. The molecular formula is C25H26N6O3. The van der Waals surface area contributed by atoms with E-state index in [4.69, 9.17) is 19.4 Å². The molecule has 9 nitrogen and oxygen atoms in total. The Morgan fingerprint density at radius 2 is 2.03 bits per heavy atom. The standard InChI is InChI=1S/C25H26N6O3/c1-15-12-17(24(32)31(2)3)4-5-20(15)28-25-29-22-21(23(30-25)34-18-8-11-33-14-18)19(13-27-22)16-6-9-26-10-7-16/h4-7,9-10,12-13,18H,8,11,14H2,1-3H3,(H2,27,28,29,30). The number of pyridine rings is 1. The predicted octanol–water partition coefficient (Wildman–Crippen LogP) is 3.94. The summed E-state index contributed by atoms with van der Waals surface area (Å²) in [5, 5.41) is 4.10. The van der Waals surface area contributed by atoms with Crippen molar-refractivity contribution >= 4 is 28.6 Å². The molecule has 1 aliphatic heterocycles. The molecule has 2 N–H and O–H groups in total. The van der Waals surface area contributed by atoms with Gasteiger partial charge >= 0.3 is 0 Å². The summed E-state index contributed by atoms with van der Waals surface area (Å²) in [6.07, 6.45) is 6.16. The van der Waals surface area contributed by atoms with Gasteiger partial charge in [0.2, 0.25) is 11.8 Å². The number of hydrogen-bond acceptors (Lipinski definition) is 7. The minimum absolute atomic E-state index is 0.0446. The fourth-order valence-corrected chi connectivity index (χ4v) is 3.98. The summed E-state index contributed by atoms with van der Waals surface area (Å²) in [5.41, 5.74) is 4.95. The molecule has 3 aromatic heterocycles. The van der Waals surface area contributed by atoms with E-state index in [9.17, 15) is 4.79 Å². The van der Waals surface area contributed by atoms with E-state index in [2.05, 4.69) is 15.3 Å². The van der Waals surface area contributed by atoms with Gasteiger partial charge in [0.15, 0.2) is 0 Å². The zero-order chi connectivity index (χ0) is 23.7. The molecule has 1 saturated heterocycles. The molecule has 0 saturated carbocycles. The number of amides is 1. The Morgan fingerprint density at radius 3 is 2.74 bits per heavy atom. The van der Waals surface area contributed by atoms with Crippen molar-refractivity contribution in [3.63, 3.8) is 0 Å². The first kappa shape index (κ1) is 21.8. The number of rotatable bonds is 6. The third kappa shape index (κ3) is 4.29. The van der Waals surface area contributed by atoms with Gasteiger partial charge in [0.1, 0.15) is 11.8 Å². The van der Waals surface area contributed by atoms with Crippen LogP contribution in [0.4, 0.5) is 11.6 Å². The molecule has 0 radical (unpaired) electrons. The van der Waals surface area contributed by atoms with E-state index in [-0.39, 0.29) is 12.0 Å². The molecule has 0 spiro atoms. The lowest BCUT2D eigenvalue weighted by Gasteiger charge is -2.15. The van der Waals surface area contributed by atoms with Crippen molar-refractivity contribution in [3.8, 4) is 17.0 Å². The second-order valence-electron chi connectivity index (χ2n) is 8.47. The molecule has 5 rings (SSSR count). The largest absolute Gasteiger partial charge is 0.471 e. The molecule has 1 fully saturated rings. The highest BCUT2D eigenvalue weighted by Crippen LogP contribution is 2.35. The lowest BCUT2D eigenvalue weighted by Crippen LogP contribution is -2.21. The number of fused-ring (bicyclic) bond motifs is 1. The van der Waals surface area contributed by atoms with Gasteiger partial charge in [-0.3, -0.25) is 9.78 Å². The quantitative estimate of drug-likeness (QED) is 0.451. The second kappa shape index (κ2) is 9.11. The molecule has 1 unspecified atom stereocenters. The van der Waals surface area contributed by atoms with E-state index in [1.807, 2.05) is 37.4 Å². The number of carbonyl (C=O) groups is 1. The van der Waals surface area contributed by atoms with Crippen molar-refractivity contribution in [1.82, 2.24) is 24.8 Å². The van der Waals surface area contributed by atoms with Crippen LogP contribution in [-0.2, 0) is 4.74 Å². The predicted molar refractivity (Wildman–Crippen MR) is 129 cm³/mol. The van der Waals surface area contributed by atoms with E-state index in [1.54, 1.807) is 37.5 Å².